The summed E-state index contributed by atoms with van der Waals surface area (Å²) in [6, 6.07) is 89.0. The molecule has 0 aliphatic carbocycles. The topological polar surface area (TPSA) is 8.17 Å². The van der Waals surface area contributed by atoms with Gasteiger partial charge in [-0.25, -0.2) is 0 Å². The number of thiophene rings is 1. The zero-order chi connectivity index (χ0) is 42.8. The third-order valence-corrected chi connectivity index (χ3v) is 14.4. The van der Waals surface area contributed by atoms with Gasteiger partial charge in [-0.05, 0) is 104 Å². The Hall–Kier alpha value is -8.24. The van der Waals surface area contributed by atoms with Crippen molar-refractivity contribution in [2.24, 2.45) is 0 Å². The summed E-state index contributed by atoms with van der Waals surface area (Å²) >= 11 is 1.88. The molecule has 0 aliphatic heterocycles. The number of hydrogen-bond donors (Lipinski definition) is 0. The quantitative estimate of drug-likeness (QED) is 0.155. The van der Waals surface area contributed by atoms with Gasteiger partial charge >= 0.3 is 0 Å². The van der Waals surface area contributed by atoms with Crippen LogP contribution in [0, 0.1) is 0 Å². The number of rotatable bonds is 7. The van der Waals surface area contributed by atoms with Crippen molar-refractivity contribution >= 4 is 91.9 Å². The molecule has 0 unspecified atom stereocenters. The minimum Gasteiger partial charge on any atom is -0.309 e. The lowest BCUT2D eigenvalue weighted by Gasteiger charge is -2.28. The van der Waals surface area contributed by atoms with Crippen LogP contribution in [0.25, 0.3) is 103 Å². The Morgan fingerprint density at radius 1 is 0.338 bits per heavy atom. The maximum atomic E-state index is 2.52. The molecule has 3 heteroatoms. The highest BCUT2D eigenvalue weighted by molar-refractivity contribution is 7.26. The molecule has 2 heterocycles. The molecule has 0 spiro atoms. The Kier molecular flexibility index (Phi) is 8.75. The van der Waals surface area contributed by atoms with Gasteiger partial charge in [-0.15, -0.1) is 11.3 Å². The molecule has 13 aromatic rings. The Bertz CT molecular complexity index is 3940. The molecule has 0 N–H and O–H groups in total. The van der Waals surface area contributed by atoms with Crippen molar-refractivity contribution in [2.45, 2.75) is 0 Å². The average molecular weight is 845 g/mol. The fraction of sp³-hybridized carbons (Fsp3) is 0. The zero-order valence-electron chi connectivity index (χ0n) is 35.4. The lowest BCUT2D eigenvalue weighted by atomic mass is 9.95. The predicted octanol–water partition coefficient (Wildman–Crippen LogP) is 17.9. The van der Waals surface area contributed by atoms with E-state index in [4.69, 9.17) is 0 Å². The molecule has 0 bridgehead atoms. The van der Waals surface area contributed by atoms with Crippen molar-refractivity contribution in [3.8, 4) is 39.1 Å². The molecule has 2 nitrogen and oxygen atoms in total. The van der Waals surface area contributed by atoms with Crippen LogP contribution >= 0.6 is 11.3 Å². The molecule has 65 heavy (non-hydrogen) atoms. The van der Waals surface area contributed by atoms with E-state index in [2.05, 4.69) is 252 Å². The van der Waals surface area contributed by atoms with Crippen LogP contribution in [0.15, 0.2) is 243 Å². The summed E-state index contributed by atoms with van der Waals surface area (Å²) in [5.74, 6) is 0. The number of nitrogens with zero attached hydrogens (tertiary/aromatic N) is 2. The van der Waals surface area contributed by atoms with Crippen molar-refractivity contribution in [3.63, 3.8) is 0 Å². The minimum atomic E-state index is 1.09. The first-order chi connectivity index (χ1) is 32.3. The van der Waals surface area contributed by atoms with E-state index in [0.717, 1.165) is 17.1 Å². The van der Waals surface area contributed by atoms with Crippen LogP contribution in [-0.4, -0.2) is 4.57 Å². The molecule has 0 atom stereocenters. The summed E-state index contributed by atoms with van der Waals surface area (Å²) in [6.07, 6.45) is 0. The first-order valence-corrected chi connectivity index (χ1v) is 23.1. The number of para-hydroxylation sites is 1. The molecule has 0 saturated carbocycles. The van der Waals surface area contributed by atoms with Crippen LogP contribution in [0.3, 0.4) is 0 Å². The predicted molar refractivity (Wildman–Crippen MR) is 280 cm³/mol. The van der Waals surface area contributed by atoms with Crippen molar-refractivity contribution in [1.29, 1.82) is 0 Å². The summed E-state index contributed by atoms with van der Waals surface area (Å²) in [6.45, 7) is 0. The number of benzene rings is 11. The maximum absolute atomic E-state index is 2.52. The van der Waals surface area contributed by atoms with Gasteiger partial charge in [0.2, 0.25) is 0 Å². The van der Waals surface area contributed by atoms with E-state index in [-0.39, 0.29) is 0 Å². The largest absolute Gasteiger partial charge is 0.309 e. The van der Waals surface area contributed by atoms with E-state index in [1.807, 2.05) is 11.3 Å². The molecule has 2 aromatic heterocycles. The monoisotopic (exact) mass is 844 g/mol. The second kappa shape index (κ2) is 15.2. The van der Waals surface area contributed by atoms with Gasteiger partial charge in [-0.3, -0.25) is 0 Å². The molecule has 0 amide bonds. The van der Waals surface area contributed by atoms with Crippen molar-refractivity contribution in [3.05, 3.63) is 243 Å². The fourth-order valence-corrected chi connectivity index (χ4v) is 11.5. The van der Waals surface area contributed by atoms with Crippen LogP contribution in [0.1, 0.15) is 0 Å². The molecule has 13 rings (SSSR count). The number of aromatic nitrogens is 1. The molecular weight excluding hydrogens is 805 g/mol. The fourth-order valence-electron chi connectivity index (χ4n) is 10.2. The Morgan fingerprint density at radius 3 is 1.78 bits per heavy atom. The zero-order valence-corrected chi connectivity index (χ0v) is 36.2. The highest BCUT2D eigenvalue weighted by atomic mass is 32.1. The second-order valence-corrected chi connectivity index (χ2v) is 17.9. The van der Waals surface area contributed by atoms with Crippen molar-refractivity contribution in [2.75, 3.05) is 4.90 Å². The molecule has 11 aromatic carbocycles. The standard InChI is InChI=1S/C62H40N2S/c1-2-16-44(17-3-1)51-38-39-58(61-53-27-9-11-33-59(53)65-62(51)61)63(47-36-34-41(35-37-47)45-22-12-23-46(40-45)49-28-13-20-42-18-4-6-24-48(42)49)56-31-15-32-57-60(56)52-26-8-10-29-55(52)64(57)54-30-14-21-43-19-5-7-25-50(43)54/h1-40H. The molecule has 0 aliphatic rings. The van der Waals surface area contributed by atoms with Gasteiger partial charge in [-0.1, -0.05) is 188 Å². The summed E-state index contributed by atoms with van der Waals surface area (Å²) < 4.78 is 5.03. The Morgan fingerprint density at radius 2 is 0.938 bits per heavy atom. The van der Waals surface area contributed by atoms with Crippen molar-refractivity contribution in [1.82, 2.24) is 4.57 Å². The van der Waals surface area contributed by atoms with Crippen LogP contribution in [0.5, 0.6) is 0 Å². The van der Waals surface area contributed by atoms with E-state index in [1.165, 1.54) is 103 Å². The van der Waals surface area contributed by atoms with Gasteiger partial charge in [0.25, 0.3) is 0 Å². The smallest absolute Gasteiger partial charge is 0.0562 e. The van der Waals surface area contributed by atoms with Gasteiger partial charge in [0, 0.05) is 42.0 Å². The first kappa shape index (κ1) is 37.3. The van der Waals surface area contributed by atoms with Gasteiger partial charge in [0.05, 0.1) is 28.1 Å². The minimum absolute atomic E-state index is 1.09. The molecule has 0 fully saturated rings. The van der Waals surface area contributed by atoms with Gasteiger partial charge in [-0.2, -0.15) is 0 Å². The Balaban J connectivity index is 1.06. The molecule has 0 saturated heterocycles. The lowest BCUT2D eigenvalue weighted by molar-refractivity contribution is 1.20. The van der Waals surface area contributed by atoms with Gasteiger partial charge < -0.3 is 9.47 Å². The van der Waals surface area contributed by atoms with Crippen LogP contribution in [-0.2, 0) is 0 Å². The second-order valence-electron chi connectivity index (χ2n) is 16.8. The first-order valence-electron chi connectivity index (χ1n) is 22.3. The SMILES string of the molecule is c1ccc(-c2ccc(N(c3ccc(-c4cccc(-c5cccc6ccccc56)c4)cc3)c3cccc4c3c3ccccc3n4-c3cccc4ccccc34)c3c2sc2ccccc23)cc1. The summed E-state index contributed by atoms with van der Waals surface area (Å²) in [5, 5.41) is 9.91. The van der Waals surface area contributed by atoms with E-state index < -0.39 is 0 Å². The Labute approximate surface area is 381 Å². The summed E-state index contributed by atoms with van der Waals surface area (Å²) in [5.41, 5.74) is 14.2. The normalized spacial score (nSPS) is 11.7. The average Bonchev–Trinajstić information content (AvgIpc) is 3.94. The molecular formula is C62H40N2S. The van der Waals surface area contributed by atoms with Gasteiger partial charge in [0.15, 0.2) is 0 Å². The summed E-state index contributed by atoms with van der Waals surface area (Å²) in [4.78, 5) is 2.52. The number of fused-ring (bicyclic) bond motifs is 8. The lowest BCUT2D eigenvalue weighted by Crippen LogP contribution is -2.11. The maximum Gasteiger partial charge on any atom is 0.0562 e. The van der Waals surface area contributed by atoms with Gasteiger partial charge in [0.1, 0.15) is 0 Å². The van der Waals surface area contributed by atoms with E-state index in [1.54, 1.807) is 0 Å². The van der Waals surface area contributed by atoms with Crippen LogP contribution in [0.2, 0.25) is 0 Å². The van der Waals surface area contributed by atoms with E-state index >= 15 is 0 Å². The molecule has 304 valence electrons. The van der Waals surface area contributed by atoms with Crippen LogP contribution < -0.4 is 4.90 Å². The highest BCUT2D eigenvalue weighted by Gasteiger charge is 2.25. The highest BCUT2D eigenvalue weighted by Crippen LogP contribution is 2.51. The molecule has 0 radical (unpaired) electrons. The van der Waals surface area contributed by atoms with E-state index in [0.29, 0.717) is 0 Å². The number of hydrogen-bond acceptors (Lipinski definition) is 2. The third-order valence-electron chi connectivity index (χ3n) is 13.2. The van der Waals surface area contributed by atoms with E-state index in [9.17, 15) is 0 Å². The third kappa shape index (κ3) is 6.08. The number of anilines is 3. The van der Waals surface area contributed by atoms with Crippen molar-refractivity contribution < 1.29 is 0 Å². The summed E-state index contributed by atoms with van der Waals surface area (Å²) in [7, 11) is 0. The van der Waals surface area contributed by atoms with Crippen LogP contribution in [0.4, 0.5) is 17.1 Å².